The first-order valence-electron chi connectivity index (χ1n) is 9.91. The molecule has 1 aliphatic heterocycles. The number of unbranched alkanes of at least 4 members (excludes halogenated alkanes) is 2. The first-order valence-corrected chi connectivity index (χ1v) is 9.91. The van der Waals surface area contributed by atoms with Crippen LogP contribution >= 0.6 is 0 Å². The second-order valence-electron chi connectivity index (χ2n) is 6.72. The minimum absolute atomic E-state index is 0.0124. The zero-order chi connectivity index (χ0) is 21.1. The summed E-state index contributed by atoms with van der Waals surface area (Å²) < 4.78 is 0. The minimum Gasteiger partial charge on any atom is -0.377 e. The molecule has 6 heteroatoms. The van der Waals surface area contributed by atoms with Gasteiger partial charge in [-0.15, -0.1) is 0 Å². The van der Waals surface area contributed by atoms with Crippen molar-refractivity contribution in [3.8, 4) is 0 Å². The number of benzene rings is 2. The van der Waals surface area contributed by atoms with E-state index in [2.05, 4.69) is 17.2 Å². The Morgan fingerprint density at radius 3 is 2.48 bits per heavy atom. The fourth-order valence-corrected chi connectivity index (χ4v) is 2.99. The molecule has 0 aliphatic carbocycles. The zero-order valence-corrected chi connectivity index (χ0v) is 17.1. The van der Waals surface area contributed by atoms with Crippen LogP contribution in [0.1, 0.15) is 43.7 Å². The maximum atomic E-state index is 12.0. The molecule has 154 valence electrons. The minimum atomic E-state index is -0.245. The van der Waals surface area contributed by atoms with Gasteiger partial charge in [0.2, 0.25) is 11.8 Å². The van der Waals surface area contributed by atoms with Gasteiger partial charge >= 0.3 is 0 Å². The number of rotatable bonds is 6. The van der Waals surface area contributed by atoms with E-state index < -0.39 is 0 Å². The highest BCUT2D eigenvalue weighted by Gasteiger charge is 2.21. The molecule has 2 N–H and O–H groups in total. The molecule has 0 spiro atoms. The Morgan fingerprint density at radius 2 is 1.79 bits per heavy atom. The molecule has 0 fully saturated rings. The average Bonchev–Trinajstić information content (AvgIpc) is 2.87. The number of aliphatic imine (C=N–C) groups is 1. The molecule has 0 aromatic heterocycles. The lowest BCUT2D eigenvalue weighted by Crippen LogP contribution is -2.27. The van der Waals surface area contributed by atoms with Crippen LogP contribution in [0.3, 0.4) is 0 Å². The zero-order valence-electron chi connectivity index (χ0n) is 17.1. The highest BCUT2D eigenvalue weighted by molar-refractivity contribution is 6.19. The number of aliphatic hydroxyl groups excluding tert-OH is 1. The maximum Gasteiger partial charge on any atom is 0.248 e. The molecular formula is C23H29N3O3. The normalized spacial score (nSPS) is 12.9. The SMILES string of the molecule is CCCCCC(=O)NCO.CN1C(=O)CN=C(c2ccccc2)c2ccccc21. The number of nitrogens with one attached hydrogen (secondary N) is 1. The third-order valence-corrected chi connectivity index (χ3v) is 4.60. The van der Waals surface area contributed by atoms with Gasteiger partial charge in [0.15, 0.2) is 0 Å². The number of aliphatic hydroxyl groups is 1. The number of hydrogen-bond donors (Lipinski definition) is 2. The third-order valence-electron chi connectivity index (χ3n) is 4.60. The van der Waals surface area contributed by atoms with Crippen molar-refractivity contribution in [3.63, 3.8) is 0 Å². The summed E-state index contributed by atoms with van der Waals surface area (Å²) in [5.74, 6) is -0.0469. The second-order valence-corrected chi connectivity index (χ2v) is 6.72. The van der Waals surface area contributed by atoms with Crippen molar-refractivity contribution < 1.29 is 14.7 Å². The van der Waals surface area contributed by atoms with Gasteiger partial charge in [-0.1, -0.05) is 68.3 Å². The Kier molecular flexibility index (Phi) is 9.05. The van der Waals surface area contributed by atoms with Crippen LogP contribution in [0.2, 0.25) is 0 Å². The monoisotopic (exact) mass is 395 g/mol. The van der Waals surface area contributed by atoms with Gasteiger partial charge in [0.05, 0.1) is 11.4 Å². The molecule has 29 heavy (non-hydrogen) atoms. The van der Waals surface area contributed by atoms with Gasteiger partial charge in [0.25, 0.3) is 0 Å². The van der Waals surface area contributed by atoms with E-state index in [0.29, 0.717) is 6.42 Å². The summed E-state index contributed by atoms with van der Waals surface area (Å²) in [6, 6.07) is 17.9. The van der Waals surface area contributed by atoms with E-state index in [9.17, 15) is 9.59 Å². The first kappa shape index (κ1) is 22.3. The number of amides is 2. The van der Waals surface area contributed by atoms with Crippen LogP contribution in [0.5, 0.6) is 0 Å². The first-order chi connectivity index (χ1) is 14.1. The van der Waals surface area contributed by atoms with Gasteiger partial charge in [-0.05, 0) is 12.5 Å². The highest BCUT2D eigenvalue weighted by Crippen LogP contribution is 2.25. The van der Waals surface area contributed by atoms with E-state index in [1.54, 1.807) is 11.9 Å². The Hall–Kier alpha value is -2.99. The van der Waals surface area contributed by atoms with Gasteiger partial charge in [0.1, 0.15) is 13.3 Å². The molecule has 0 atom stereocenters. The van der Waals surface area contributed by atoms with Gasteiger partial charge in [0, 0.05) is 24.6 Å². The van der Waals surface area contributed by atoms with Crippen molar-refractivity contribution in [1.29, 1.82) is 0 Å². The van der Waals surface area contributed by atoms with Gasteiger partial charge in [-0.3, -0.25) is 14.6 Å². The molecule has 1 aliphatic rings. The quantitative estimate of drug-likeness (QED) is 0.582. The number of para-hydroxylation sites is 1. The standard InChI is InChI=1S/C16H14N2O.C7H15NO2/c1-18-14-10-6-5-9-13(14)16(17-11-15(18)19)12-7-3-2-4-8-12;1-2-3-4-5-7(10)8-6-9/h2-10H,11H2,1H3;9H,2-6H2,1H3,(H,8,10). The molecule has 1 heterocycles. The Morgan fingerprint density at radius 1 is 1.10 bits per heavy atom. The molecule has 0 bridgehead atoms. The van der Waals surface area contributed by atoms with E-state index in [-0.39, 0.29) is 25.1 Å². The number of anilines is 1. The summed E-state index contributed by atoms with van der Waals surface area (Å²) in [5.41, 5.74) is 3.83. The number of carbonyl (C=O) groups excluding carboxylic acids is 2. The molecule has 0 saturated carbocycles. The predicted molar refractivity (Wildman–Crippen MR) is 116 cm³/mol. The Bertz CT molecular complexity index is 834. The van der Waals surface area contributed by atoms with Crippen molar-refractivity contribution >= 4 is 23.2 Å². The predicted octanol–water partition coefficient (Wildman–Crippen LogP) is 3.13. The molecule has 0 saturated heterocycles. The molecule has 0 unspecified atom stereocenters. The topological polar surface area (TPSA) is 82.0 Å². The smallest absolute Gasteiger partial charge is 0.248 e. The van der Waals surface area contributed by atoms with Crippen LogP contribution < -0.4 is 10.2 Å². The van der Waals surface area contributed by atoms with Crippen molar-refractivity contribution in [2.75, 3.05) is 25.2 Å². The number of benzodiazepines with no additional fused rings is 1. The maximum absolute atomic E-state index is 12.0. The summed E-state index contributed by atoms with van der Waals surface area (Å²) in [5, 5.41) is 10.6. The van der Waals surface area contributed by atoms with Gasteiger partial charge in [-0.2, -0.15) is 0 Å². The van der Waals surface area contributed by atoms with Gasteiger partial charge < -0.3 is 15.3 Å². The summed E-state index contributed by atoms with van der Waals surface area (Å²) in [6.07, 6.45) is 3.65. The van der Waals surface area contributed by atoms with E-state index >= 15 is 0 Å². The fraction of sp³-hybridized carbons (Fsp3) is 0.348. The van der Waals surface area contributed by atoms with E-state index in [1.165, 1.54) is 0 Å². The third kappa shape index (κ3) is 6.54. The van der Waals surface area contributed by atoms with Gasteiger partial charge in [-0.25, -0.2) is 0 Å². The van der Waals surface area contributed by atoms with Crippen LogP contribution in [0.4, 0.5) is 5.69 Å². The Labute approximate surface area is 172 Å². The van der Waals surface area contributed by atoms with Crippen molar-refractivity contribution in [3.05, 3.63) is 65.7 Å². The summed E-state index contributed by atoms with van der Waals surface area (Å²) in [4.78, 5) is 28.8. The molecule has 2 aromatic rings. The fourth-order valence-electron chi connectivity index (χ4n) is 2.99. The second kappa shape index (κ2) is 11.8. The molecule has 3 rings (SSSR count). The molecule has 6 nitrogen and oxygen atoms in total. The lowest BCUT2D eigenvalue weighted by molar-refractivity contribution is -0.122. The summed E-state index contributed by atoms with van der Waals surface area (Å²) >= 11 is 0. The lowest BCUT2D eigenvalue weighted by Gasteiger charge is -2.17. The van der Waals surface area contributed by atoms with Crippen LogP contribution in [0.15, 0.2) is 59.6 Å². The van der Waals surface area contributed by atoms with Crippen molar-refractivity contribution in [2.24, 2.45) is 4.99 Å². The number of likely N-dealkylation sites (N-methyl/N-ethyl adjacent to an activating group) is 1. The van der Waals surface area contributed by atoms with Crippen LogP contribution in [0, 0.1) is 0 Å². The average molecular weight is 396 g/mol. The van der Waals surface area contributed by atoms with E-state index in [0.717, 1.165) is 41.8 Å². The van der Waals surface area contributed by atoms with E-state index in [1.807, 2.05) is 54.6 Å². The molecule has 2 aromatic carbocycles. The number of nitrogens with zero attached hydrogens (tertiary/aromatic N) is 2. The molecule has 2 amide bonds. The number of fused-ring (bicyclic) bond motifs is 1. The lowest BCUT2D eigenvalue weighted by atomic mass is 10.0. The van der Waals surface area contributed by atoms with Crippen LogP contribution in [0.25, 0.3) is 0 Å². The number of carbonyl (C=O) groups is 2. The summed E-state index contributed by atoms with van der Waals surface area (Å²) in [7, 11) is 1.80. The Balaban J connectivity index is 0.000000257. The van der Waals surface area contributed by atoms with Crippen molar-refractivity contribution in [1.82, 2.24) is 5.32 Å². The molecular weight excluding hydrogens is 366 g/mol. The van der Waals surface area contributed by atoms with Crippen LogP contribution in [-0.4, -0.2) is 43.0 Å². The summed E-state index contributed by atoms with van der Waals surface area (Å²) in [6.45, 7) is 2.03. The van der Waals surface area contributed by atoms with Crippen LogP contribution in [-0.2, 0) is 9.59 Å². The van der Waals surface area contributed by atoms with E-state index in [4.69, 9.17) is 5.11 Å². The molecule has 0 radical (unpaired) electrons. The highest BCUT2D eigenvalue weighted by atomic mass is 16.3. The largest absolute Gasteiger partial charge is 0.377 e. The van der Waals surface area contributed by atoms with Crippen molar-refractivity contribution in [2.45, 2.75) is 32.6 Å². The number of hydrogen-bond acceptors (Lipinski definition) is 4.